The van der Waals surface area contributed by atoms with Gasteiger partial charge in [-0.2, -0.15) is 5.26 Å². The molecule has 0 heterocycles. The summed E-state index contributed by atoms with van der Waals surface area (Å²) in [5.74, 6) is 0.239. The standard InChI is InChI=1S/C27H27NO3/c1-2-30-27(29)26(22-11-13-25(14-12-22)31-24-5-3-4-6-24)17-19-7-9-21-10-8-20(18-28)16-23(21)15-19/h7-16,24,26H,2-6,17H2,1H3. The Morgan fingerprint density at radius 1 is 1.03 bits per heavy atom. The first-order chi connectivity index (χ1) is 15.2. The van der Waals surface area contributed by atoms with E-state index < -0.39 is 5.92 Å². The summed E-state index contributed by atoms with van der Waals surface area (Å²) in [6, 6.07) is 21.8. The number of benzene rings is 3. The van der Waals surface area contributed by atoms with E-state index in [0.717, 1.165) is 40.5 Å². The minimum atomic E-state index is -0.392. The number of esters is 1. The molecule has 1 saturated carbocycles. The van der Waals surface area contributed by atoms with E-state index in [0.29, 0.717) is 24.7 Å². The lowest BCUT2D eigenvalue weighted by Gasteiger charge is -2.18. The summed E-state index contributed by atoms with van der Waals surface area (Å²) in [6.07, 6.45) is 5.53. The molecule has 1 unspecified atom stereocenters. The summed E-state index contributed by atoms with van der Waals surface area (Å²) in [4.78, 5) is 12.8. The van der Waals surface area contributed by atoms with Gasteiger partial charge in [0, 0.05) is 0 Å². The van der Waals surface area contributed by atoms with Gasteiger partial charge in [-0.3, -0.25) is 4.79 Å². The number of rotatable bonds is 7. The number of nitrogens with zero attached hydrogens (tertiary/aromatic N) is 1. The number of carbonyl (C=O) groups is 1. The van der Waals surface area contributed by atoms with Gasteiger partial charge >= 0.3 is 5.97 Å². The Morgan fingerprint density at radius 3 is 2.48 bits per heavy atom. The maximum atomic E-state index is 12.8. The molecule has 1 atom stereocenters. The van der Waals surface area contributed by atoms with Crippen molar-refractivity contribution in [2.45, 2.75) is 51.0 Å². The molecule has 1 aliphatic carbocycles. The number of nitriles is 1. The predicted molar refractivity (Wildman–Crippen MR) is 121 cm³/mol. The van der Waals surface area contributed by atoms with Gasteiger partial charge in [-0.1, -0.05) is 36.4 Å². The number of carbonyl (C=O) groups excluding carboxylic acids is 1. The highest BCUT2D eigenvalue weighted by Gasteiger charge is 2.23. The van der Waals surface area contributed by atoms with Crippen LogP contribution in [0.3, 0.4) is 0 Å². The molecule has 0 N–H and O–H groups in total. The normalized spacial score (nSPS) is 14.8. The molecule has 4 rings (SSSR count). The summed E-state index contributed by atoms with van der Waals surface area (Å²) >= 11 is 0. The van der Waals surface area contributed by atoms with Crippen molar-refractivity contribution in [3.8, 4) is 11.8 Å². The summed E-state index contributed by atoms with van der Waals surface area (Å²) < 4.78 is 11.4. The fourth-order valence-corrected chi connectivity index (χ4v) is 4.29. The molecule has 31 heavy (non-hydrogen) atoms. The maximum Gasteiger partial charge on any atom is 0.313 e. The van der Waals surface area contributed by atoms with E-state index in [-0.39, 0.29) is 5.97 Å². The third-order valence-electron chi connectivity index (χ3n) is 5.93. The minimum absolute atomic E-state index is 0.224. The van der Waals surface area contributed by atoms with Crippen LogP contribution in [0, 0.1) is 11.3 Å². The maximum absolute atomic E-state index is 12.8. The van der Waals surface area contributed by atoms with E-state index in [1.165, 1.54) is 12.8 Å². The van der Waals surface area contributed by atoms with Gasteiger partial charge in [0.1, 0.15) is 5.75 Å². The van der Waals surface area contributed by atoms with Gasteiger partial charge in [-0.25, -0.2) is 0 Å². The van der Waals surface area contributed by atoms with Crippen molar-refractivity contribution in [2.24, 2.45) is 0 Å². The second-order valence-electron chi connectivity index (χ2n) is 8.11. The SMILES string of the molecule is CCOC(=O)C(Cc1ccc2ccc(C#N)cc2c1)c1ccc(OC2CCCC2)cc1. The Balaban J connectivity index is 1.57. The Morgan fingerprint density at radius 2 is 1.77 bits per heavy atom. The highest BCUT2D eigenvalue weighted by atomic mass is 16.5. The largest absolute Gasteiger partial charge is 0.490 e. The van der Waals surface area contributed by atoms with Crippen LogP contribution in [0.15, 0.2) is 60.7 Å². The molecular weight excluding hydrogens is 386 g/mol. The summed E-state index contributed by atoms with van der Waals surface area (Å²) in [5.41, 5.74) is 2.58. The molecule has 0 bridgehead atoms. The van der Waals surface area contributed by atoms with Crippen LogP contribution >= 0.6 is 0 Å². The van der Waals surface area contributed by atoms with E-state index in [2.05, 4.69) is 12.1 Å². The molecule has 0 saturated heterocycles. The summed E-state index contributed by atoms with van der Waals surface area (Å²) in [5, 5.41) is 11.3. The molecule has 0 spiro atoms. The molecule has 3 aromatic rings. The van der Waals surface area contributed by atoms with Gasteiger partial charge in [0.2, 0.25) is 0 Å². The van der Waals surface area contributed by atoms with Crippen molar-refractivity contribution in [2.75, 3.05) is 6.61 Å². The fourth-order valence-electron chi connectivity index (χ4n) is 4.29. The molecule has 0 radical (unpaired) electrons. The Kier molecular flexibility index (Phi) is 6.52. The average molecular weight is 414 g/mol. The van der Waals surface area contributed by atoms with Gasteiger partial charge in [-0.15, -0.1) is 0 Å². The molecular formula is C27H27NO3. The molecule has 4 nitrogen and oxygen atoms in total. The lowest BCUT2D eigenvalue weighted by Crippen LogP contribution is -2.18. The number of hydrogen-bond acceptors (Lipinski definition) is 4. The van der Waals surface area contributed by atoms with Crippen molar-refractivity contribution < 1.29 is 14.3 Å². The molecule has 0 amide bonds. The second-order valence-corrected chi connectivity index (χ2v) is 8.11. The van der Waals surface area contributed by atoms with Crippen LogP contribution in [-0.4, -0.2) is 18.7 Å². The third-order valence-corrected chi connectivity index (χ3v) is 5.93. The van der Waals surface area contributed by atoms with Gasteiger partial charge < -0.3 is 9.47 Å². The molecule has 1 fully saturated rings. The zero-order valence-corrected chi connectivity index (χ0v) is 17.8. The lowest BCUT2D eigenvalue weighted by atomic mass is 9.91. The molecule has 1 aliphatic rings. The Labute approximate surface area is 183 Å². The van der Waals surface area contributed by atoms with Crippen LogP contribution in [0.5, 0.6) is 5.75 Å². The first-order valence-electron chi connectivity index (χ1n) is 11.0. The Bertz CT molecular complexity index is 1090. The smallest absolute Gasteiger partial charge is 0.313 e. The first-order valence-corrected chi connectivity index (χ1v) is 11.0. The number of hydrogen-bond donors (Lipinski definition) is 0. The average Bonchev–Trinajstić information content (AvgIpc) is 3.31. The monoisotopic (exact) mass is 413 g/mol. The van der Waals surface area contributed by atoms with Gasteiger partial charge in [0.15, 0.2) is 0 Å². The lowest BCUT2D eigenvalue weighted by molar-refractivity contribution is -0.144. The van der Waals surface area contributed by atoms with E-state index in [1.54, 1.807) is 0 Å². The van der Waals surface area contributed by atoms with E-state index >= 15 is 0 Å². The van der Waals surface area contributed by atoms with E-state index in [9.17, 15) is 10.1 Å². The van der Waals surface area contributed by atoms with Crippen molar-refractivity contribution in [1.29, 1.82) is 5.26 Å². The van der Waals surface area contributed by atoms with Crippen LogP contribution < -0.4 is 4.74 Å². The zero-order valence-electron chi connectivity index (χ0n) is 17.8. The van der Waals surface area contributed by atoms with Crippen LogP contribution in [0.1, 0.15) is 55.2 Å². The van der Waals surface area contributed by atoms with Crippen molar-refractivity contribution in [3.05, 3.63) is 77.4 Å². The molecule has 3 aromatic carbocycles. The van der Waals surface area contributed by atoms with Crippen LogP contribution in [0.25, 0.3) is 10.8 Å². The highest BCUT2D eigenvalue weighted by Crippen LogP contribution is 2.29. The number of fused-ring (bicyclic) bond motifs is 1. The number of ether oxygens (including phenoxy) is 2. The highest BCUT2D eigenvalue weighted by molar-refractivity contribution is 5.85. The van der Waals surface area contributed by atoms with E-state index in [4.69, 9.17) is 9.47 Å². The predicted octanol–water partition coefficient (Wildman–Crippen LogP) is 5.92. The van der Waals surface area contributed by atoms with Crippen LogP contribution in [0.2, 0.25) is 0 Å². The third kappa shape index (κ3) is 5.06. The molecule has 4 heteroatoms. The molecule has 0 aromatic heterocycles. The summed E-state index contributed by atoms with van der Waals surface area (Å²) in [6.45, 7) is 2.18. The zero-order chi connectivity index (χ0) is 21.6. The van der Waals surface area contributed by atoms with Gasteiger partial charge in [0.25, 0.3) is 0 Å². The molecule has 0 aliphatic heterocycles. The summed E-state index contributed by atoms with van der Waals surface area (Å²) in [7, 11) is 0. The van der Waals surface area contributed by atoms with Gasteiger partial charge in [0.05, 0.1) is 30.3 Å². The topological polar surface area (TPSA) is 59.3 Å². The second kappa shape index (κ2) is 9.66. The quantitative estimate of drug-likeness (QED) is 0.451. The van der Waals surface area contributed by atoms with E-state index in [1.807, 2.05) is 61.5 Å². The van der Waals surface area contributed by atoms with Crippen LogP contribution in [-0.2, 0) is 16.0 Å². The van der Waals surface area contributed by atoms with Crippen molar-refractivity contribution in [3.63, 3.8) is 0 Å². The first kappa shape index (κ1) is 20.9. The Hall–Kier alpha value is -3.32. The fraction of sp³-hybridized carbons (Fsp3) is 0.333. The van der Waals surface area contributed by atoms with Crippen molar-refractivity contribution >= 4 is 16.7 Å². The van der Waals surface area contributed by atoms with Crippen molar-refractivity contribution in [1.82, 2.24) is 0 Å². The molecule has 158 valence electrons. The van der Waals surface area contributed by atoms with Crippen LogP contribution in [0.4, 0.5) is 0 Å². The van der Waals surface area contributed by atoms with Gasteiger partial charge in [-0.05, 0) is 85.2 Å². The minimum Gasteiger partial charge on any atom is -0.490 e.